The summed E-state index contributed by atoms with van der Waals surface area (Å²) in [6, 6.07) is 56.6. The van der Waals surface area contributed by atoms with Crippen molar-refractivity contribution in [2.75, 3.05) is 0 Å². The molecule has 0 aliphatic heterocycles. The number of rotatable bonds is 4. The highest BCUT2D eigenvalue weighted by Gasteiger charge is 2.18. The molecule has 0 aliphatic carbocycles. The van der Waals surface area contributed by atoms with Crippen LogP contribution in [0.2, 0.25) is 0 Å². The van der Waals surface area contributed by atoms with Crippen LogP contribution in [0.5, 0.6) is 0 Å². The highest BCUT2D eigenvalue weighted by atomic mass is 15.0. The lowest BCUT2D eigenvalue weighted by molar-refractivity contribution is 1.18. The van der Waals surface area contributed by atoms with Gasteiger partial charge in [-0.1, -0.05) is 115 Å². The first-order valence-electron chi connectivity index (χ1n) is 15.9. The van der Waals surface area contributed by atoms with Crippen LogP contribution < -0.4 is 0 Å². The molecule has 4 nitrogen and oxygen atoms in total. The van der Waals surface area contributed by atoms with Gasteiger partial charge in [0.1, 0.15) is 0 Å². The standard InChI is InChI=1S/C44H26N4/c1-46-39-16-10-15-38-37-14-5-9-20-43(37)48(44(38)39)40-17-6-2-11-34(40)31-23-21-30(22-24-31)32-25-29(28-45)26-33(27-32)47-41-18-7-3-12-35(41)36-13-4-8-19-42(36)47/h2-27H. The summed E-state index contributed by atoms with van der Waals surface area (Å²) in [5.74, 6) is 0. The summed E-state index contributed by atoms with van der Waals surface area (Å²) in [6.07, 6.45) is 0. The zero-order valence-electron chi connectivity index (χ0n) is 25.8. The molecule has 0 unspecified atom stereocenters. The second-order valence-electron chi connectivity index (χ2n) is 12.0. The number of hydrogen-bond donors (Lipinski definition) is 0. The molecule has 0 spiro atoms. The lowest BCUT2D eigenvalue weighted by Crippen LogP contribution is -1.97. The van der Waals surface area contributed by atoms with Crippen LogP contribution in [0.1, 0.15) is 5.56 Å². The molecule has 2 aromatic heterocycles. The Morgan fingerprint density at radius 3 is 1.73 bits per heavy atom. The van der Waals surface area contributed by atoms with Gasteiger partial charge in [0, 0.05) is 27.4 Å². The summed E-state index contributed by atoms with van der Waals surface area (Å²) in [5, 5.41) is 14.6. The lowest BCUT2D eigenvalue weighted by atomic mass is 9.97. The van der Waals surface area contributed by atoms with Crippen molar-refractivity contribution in [1.29, 1.82) is 5.26 Å². The van der Waals surface area contributed by atoms with Gasteiger partial charge >= 0.3 is 0 Å². The summed E-state index contributed by atoms with van der Waals surface area (Å²) in [5.41, 5.74) is 11.6. The van der Waals surface area contributed by atoms with E-state index in [4.69, 9.17) is 6.57 Å². The van der Waals surface area contributed by atoms with Gasteiger partial charge in [-0.3, -0.25) is 0 Å². The molecule has 0 amide bonds. The van der Waals surface area contributed by atoms with E-state index in [1.165, 1.54) is 10.8 Å². The Hall–Kier alpha value is -6.88. The number of hydrogen-bond acceptors (Lipinski definition) is 1. The number of para-hydroxylation sites is 5. The van der Waals surface area contributed by atoms with Crippen molar-refractivity contribution >= 4 is 49.3 Å². The van der Waals surface area contributed by atoms with E-state index >= 15 is 0 Å². The third-order valence-corrected chi connectivity index (χ3v) is 9.35. The van der Waals surface area contributed by atoms with Crippen molar-refractivity contribution in [3.8, 4) is 39.7 Å². The van der Waals surface area contributed by atoms with Gasteiger partial charge in [-0.15, -0.1) is 0 Å². The van der Waals surface area contributed by atoms with Crippen molar-refractivity contribution in [1.82, 2.24) is 9.13 Å². The minimum atomic E-state index is 0.612. The predicted molar refractivity (Wildman–Crippen MR) is 197 cm³/mol. The Morgan fingerprint density at radius 1 is 0.500 bits per heavy atom. The number of nitrogens with zero attached hydrogens (tertiary/aromatic N) is 4. The summed E-state index contributed by atoms with van der Waals surface area (Å²) < 4.78 is 4.48. The summed E-state index contributed by atoms with van der Waals surface area (Å²) >= 11 is 0. The molecule has 2 heterocycles. The maximum Gasteiger partial charge on any atom is 0.211 e. The van der Waals surface area contributed by atoms with E-state index in [0.717, 1.165) is 66.5 Å². The average molecular weight is 611 g/mol. The van der Waals surface area contributed by atoms with Gasteiger partial charge in [-0.05, 0) is 64.5 Å². The molecule has 7 aromatic carbocycles. The zero-order valence-corrected chi connectivity index (χ0v) is 25.8. The van der Waals surface area contributed by atoms with Crippen LogP contribution in [0.15, 0.2) is 158 Å². The second-order valence-corrected chi connectivity index (χ2v) is 12.0. The first-order valence-corrected chi connectivity index (χ1v) is 15.9. The van der Waals surface area contributed by atoms with Crippen LogP contribution in [0, 0.1) is 17.9 Å². The van der Waals surface area contributed by atoms with Crippen LogP contribution in [0.3, 0.4) is 0 Å². The summed E-state index contributed by atoms with van der Waals surface area (Å²) in [4.78, 5) is 3.91. The molecule has 9 aromatic rings. The molecule has 0 aliphatic rings. The van der Waals surface area contributed by atoms with E-state index in [0.29, 0.717) is 11.3 Å². The fourth-order valence-corrected chi connectivity index (χ4v) is 7.27. The van der Waals surface area contributed by atoms with Crippen molar-refractivity contribution in [2.24, 2.45) is 0 Å². The Labute approximate surface area is 277 Å². The van der Waals surface area contributed by atoms with Crippen molar-refractivity contribution in [3.63, 3.8) is 0 Å². The molecule has 0 N–H and O–H groups in total. The van der Waals surface area contributed by atoms with Gasteiger partial charge in [0.2, 0.25) is 5.69 Å². The van der Waals surface area contributed by atoms with Gasteiger partial charge < -0.3 is 9.13 Å². The molecule has 0 fully saturated rings. The van der Waals surface area contributed by atoms with Gasteiger partial charge in [0.05, 0.1) is 46.0 Å². The SMILES string of the molecule is [C-]#[N+]c1cccc2c3ccccc3n(-c3ccccc3-c3ccc(-c4cc(C#N)cc(-n5c6ccccc6c6ccccc65)c4)cc3)c12. The number of fused-ring (bicyclic) bond motifs is 6. The molecular formula is C44H26N4. The quantitative estimate of drug-likeness (QED) is 0.183. The van der Waals surface area contributed by atoms with E-state index in [1.807, 2.05) is 24.3 Å². The van der Waals surface area contributed by atoms with Gasteiger partial charge in [0.25, 0.3) is 0 Å². The Morgan fingerprint density at radius 2 is 1.06 bits per heavy atom. The number of nitriles is 1. The van der Waals surface area contributed by atoms with E-state index in [9.17, 15) is 5.26 Å². The minimum absolute atomic E-state index is 0.612. The third kappa shape index (κ3) is 4.14. The Kier molecular flexibility index (Phi) is 6.22. The fourth-order valence-electron chi connectivity index (χ4n) is 7.27. The molecule has 222 valence electrons. The minimum Gasteiger partial charge on any atom is -0.318 e. The molecule has 0 radical (unpaired) electrons. The predicted octanol–water partition coefficient (Wildman–Crippen LogP) is 11.6. The molecule has 9 rings (SSSR count). The van der Waals surface area contributed by atoms with Crippen molar-refractivity contribution in [2.45, 2.75) is 0 Å². The summed E-state index contributed by atoms with van der Waals surface area (Å²) in [6.45, 7) is 7.94. The molecule has 0 atom stereocenters. The highest BCUT2D eigenvalue weighted by molar-refractivity contribution is 6.14. The van der Waals surface area contributed by atoms with E-state index in [-0.39, 0.29) is 0 Å². The van der Waals surface area contributed by atoms with Crippen LogP contribution in [0.4, 0.5) is 5.69 Å². The second kappa shape index (κ2) is 10.9. The van der Waals surface area contributed by atoms with Gasteiger partial charge in [-0.25, -0.2) is 4.85 Å². The fraction of sp³-hybridized carbons (Fsp3) is 0. The maximum atomic E-state index is 10.1. The first-order chi connectivity index (χ1) is 23.7. The van der Waals surface area contributed by atoms with E-state index in [1.54, 1.807) is 0 Å². The van der Waals surface area contributed by atoms with Crippen LogP contribution in [0.25, 0.3) is 82.1 Å². The molecule has 0 bridgehead atoms. The van der Waals surface area contributed by atoms with Crippen molar-refractivity contribution < 1.29 is 0 Å². The third-order valence-electron chi connectivity index (χ3n) is 9.35. The largest absolute Gasteiger partial charge is 0.318 e. The molecule has 0 saturated carbocycles. The van der Waals surface area contributed by atoms with Gasteiger partial charge in [0.15, 0.2) is 0 Å². The lowest BCUT2D eigenvalue weighted by Gasteiger charge is -2.15. The summed E-state index contributed by atoms with van der Waals surface area (Å²) in [7, 11) is 0. The monoisotopic (exact) mass is 610 g/mol. The van der Waals surface area contributed by atoms with Crippen molar-refractivity contribution in [3.05, 3.63) is 175 Å². The number of aromatic nitrogens is 2. The van der Waals surface area contributed by atoms with E-state index < -0.39 is 0 Å². The smallest absolute Gasteiger partial charge is 0.211 e. The van der Waals surface area contributed by atoms with Crippen LogP contribution in [-0.2, 0) is 0 Å². The first kappa shape index (κ1) is 27.4. The molecule has 48 heavy (non-hydrogen) atoms. The molecule has 4 heteroatoms. The zero-order chi connectivity index (χ0) is 32.2. The van der Waals surface area contributed by atoms with Gasteiger partial charge in [-0.2, -0.15) is 5.26 Å². The number of benzene rings is 7. The van der Waals surface area contributed by atoms with Crippen LogP contribution in [-0.4, -0.2) is 9.13 Å². The highest BCUT2D eigenvalue weighted by Crippen LogP contribution is 2.40. The average Bonchev–Trinajstić information content (AvgIpc) is 3.68. The van der Waals surface area contributed by atoms with E-state index in [2.05, 4.69) is 154 Å². The molecule has 0 saturated heterocycles. The Bertz CT molecular complexity index is 2750. The maximum absolute atomic E-state index is 10.1. The van der Waals surface area contributed by atoms with Crippen LogP contribution >= 0.6 is 0 Å². The Balaban J connectivity index is 1.19. The topological polar surface area (TPSA) is 38.0 Å². The normalized spacial score (nSPS) is 11.3. The molecular weight excluding hydrogens is 585 g/mol.